The van der Waals surface area contributed by atoms with Crippen molar-refractivity contribution in [1.82, 2.24) is 0 Å². The summed E-state index contributed by atoms with van der Waals surface area (Å²) >= 11 is 0. The lowest BCUT2D eigenvalue weighted by Crippen LogP contribution is -2.21. The predicted molar refractivity (Wildman–Crippen MR) is 107 cm³/mol. The molecule has 0 aliphatic carbocycles. The molecule has 24 heavy (non-hydrogen) atoms. The van der Waals surface area contributed by atoms with E-state index in [1.807, 2.05) is 0 Å². The lowest BCUT2D eigenvalue weighted by molar-refractivity contribution is -0.242. The van der Waals surface area contributed by atoms with E-state index in [9.17, 15) is 0 Å². The van der Waals surface area contributed by atoms with Crippen LogP contribution in [0.5, 0.6) is 0 Å². The Morgan fingerprint density at radius 3 is 1.33 bits per heavy atom. The topological polar surface area (TPSA) is 29.5 Å². The molecule has 0 radical (unpaired) electrons. The Bertz CT molecular complexity index is 218. The molecule has 0 unspecified atom stereocenters. The van der Waals surface area contributed by atoms with E-state index in [2.05, 4.69) is 25.7 Å². The first-order valence-corrected chi connectivity index (χ1v) is 11.0. The van der Waals surface area contributed by atoms with Gasteiger partial charge >= 0.3 is 0 Å². The zero-order chi connectivity index (χ0) is 17.9. The van der Waals surface area contributed by atoms with Gasteiger partial charge in [0.15, 0.2) is 0 Å². The minimum atomic E-state index is 0.495. The smallest absolute Gasteiger partial charge is 0.0819 e. The van der Waals surface area contributed by atoms with Crippen LogP contribution in [0, 0.1) is 5.41 Å². The summed E-state index contributed by atoms with van der Waals surface area (Å²) in [6.45, 7) is 7.51. The lowest BCUT2D eigenvalue weighted by Gasteiger charge is -2.35. The molecule has 0 bridgehead atoms. The summed E-state index contributed by atoms with van der Waals surface area (Å²) in [4.78, 5) is 4.12. The first-order chi connectivity index (χ1) is 11.7. The van der Waals surface area contributed by atoms with E-state index in [0.717, 1.165) is 6.42 Å². The van der Waals surface area contributed by atoms with Crippen molar-refractivity contribution < 1.29 is 10.1 Å². The van der Waals surface area contributed by atoms with E-state index in [-0.39, 0.29) is 0 Å². The molecule has 2 nitrogen and oxygen atoms in total. The summed E-state index contributed by atoms with van der Waals surface area (Å²) in [5.74, 6) is 0. The molecule has 0 atom stereocenters. The van der Waals surface area contributed by atoms with E-state index in [4.69, 9.17) is 5.26 Å². The minimum Gasteiger partial charge on any atom is -0.252 e. The van der Waals surface area contributed by atoms with Crippen LogP contribution in [0.3, 0.4) is 0 Å². The summed E-state index contributed by atoms with van der Waals surface area (Å²) in [6, 6.07) is 0. The van der Waals surface area contributed by atoms with Crippen molar-refractivity contribution in [1.29, 1.82) is 0 Å². The van der Waals surface area contributed by atoms with E-state index >= 15 is 0 Å². The largest absolute Gasteiger partial charge is 0.252 e. The standard InChI is InChI=1S/C22H46O2/c1-4-7-17-22(18-8-5-2,19-9-6-3)20-15-13-11-10-12-14-16-21-24-23/h23H,4-21H2,1-3H3. The third-order valence-electron chi connectivity index (χ3n) is 5.62. The maximum absolute atomic E-state index is 8.30. The van der Waals surface area contributed by atoms with Crippen LogP contribution in [-0.2, 0) is 4.89 Å². The highest BCUT2D eigenvalue weighted by Crippen LogP contribution is 2.41. The number of rotatable bonds is 19. The van der Waals surface area contributed by atoms with Crippen molar-refractivity contribution >= 4 is 0 Å². The Morgan fingerprint density at radius 2 is 0.917 bits per heavy atom. The molecule has 1 N–H and O–H groups in total. The van der Waals surface area contributed by atoms with Crippen molar-refractivity contribution in [3.05, 3.63) is 0 Å². The second-order valence-electron chi connectivity index (χ2n) is 7.87. The quantitative estimate of drug-likeness (QED) is 0.146. The van der Waals surface area contributed by atoms with Gasteiger partial charge in [-0.1, -0.05) is 97.8 Å². The highest BCUT2D eigenvalue weighted by Gasteiger charge is 2.27. The Balaban J connectivity index is 4.07. The number of hydrogen-bond donors (Lipinski definition) is 1. The Morgan fingerprint density at radius 1 is 0.542 bits per heavy atom. The van der Waals surface area contributed by atoms with Crippen molar-refractivity contribution in [2.24, 2.45) is 5.41 Å². The number of hydrogen-bond acceptors (Lipinski definition) is 2. The molecule has 0 saturated heterocycles. The SMILES string of the molecule is CCCCC(CCCC)(CCCC)CCCCCCCCCOO. The summed E-state index contributed by atoms with van der Waals surface area (Å²) in [6.07, 6.45) is 23.2. The third kappa shape index (κ3) is 13.2. The normalized spacial score (nSPS) is 12.0. The van der Waals surface area contributed by atoms with E-state index in [0.29, 0.717) is 12.0 Å². The Labute approximate surface area is 152 Å². The van der Waals surface area contributed by atoms with E-state index < -0.39 is 0 Å². The van der Waals surface area contributed by atoms with Gasteiger partial charge in [0.1, 0.15) is 0 Å². The molecule has 0 aliphatic heterocycles. The fourth-order valence-electron chi connectivity index (χ4n) is 3.96. The molecule has 0 aliphatic rings. The maximum Gasteiger partial charge on any atom is 0.0819 e. The Hall–Kier alpha value is -0.0800. The second kappa shape index (κ2) is 17.7. The van der Waals surface area contributed by atoms with Crippen LogP contribution in [0.25, 0.3) is 0 Å². The summed E-state index contributed by atoms with van der Waals surface area (Å²) in [5, 5.41) is 8.30. The zero-order valence-corrected chi connectivity index (χ0v) is 17.1. The van der Waals surface area contributed by atoms with Gasteiger partial charge in [-0.25, -0.2) is 4.89 Å². The van der Waals surface area contributed by atoms with Gasteiger partial charge < -0.3 is 0 Å². The van der Waals surface area contributed by atoms with Gasteiger partial charge in [-0.3, -0.25) is 5.26 Å². The van der Waals surface area contributed by atoms with Crippen LogP contribution in [0.15, 0.2) is 0 Å². The van der Waals surface area contributed by atoms with Crippen LogP contribution in [0.4, 0.5) is 0 Å². The molecule has 0 aromatic rings. The van der Waals surface area contributed by atoms with Crippen molar-refractivity contribution in [2.75, 3.05) is 6.61 Å². The molecule has 0 aromatic heterocycles. The highest BCUT2D eigenvalue weighted by atomic mass is 17.1. The first kappa shape index (κ1) is 23.9. The van der Waals surface area contributed by atoms with E-state index in [1.165, 1.54) is 103 Å². The van der Waals surface area contributed by atoms with Crippen LogP contribution in [-0.4, -0.2) is 11.9 Å². The first-order valence-electron chi connectivity index (χ1n) is 11.0. The molecule has 0 spiro atoms. The average Bonchev–Trinajstić information content (AvgIpc) is 2.61. The molecule has 0 rings (SSSR count). The van der Waals surface area contributed by atoms with Gasteiger partial charge in [0.25, 0.3) is 0 Å². The molecule has 0 aromatic carbocycles. The van der Waals surface area contributed by atoms with Gasteiger partial charge in [-0.15, -0.1) is 0 Å². The second-order valence-corrected chi connectivity index (χ2v) is 7.87. The molecular weight excluding hydrogens is 296 g/mol. The summed E-state index contributed by atoms with van der Waals surface area (Å²) < 4.78 is 0. The van der Waals surface area contributed by atoms with Gasteiger partial charge in [-0.05, 0) is 37.5 Å². The fraction of sp³-hybridized carbons (Fsp3) is 1.00. The summed E-state index contributed by atoms with van der Waals surface area (Å²) in [5.41, 5.74) is 0.653. The third-order valence-corrected chi connectivity index (χ3v) is 5.62. The van der Waals surface area contributed by atoms with Crippen LogP contribution in [0.1, 0.15) is 130 Å². The van der Waals surface area contributed by atoms with Crippen LogP contribution in [0.2, 0.25) is 0 Å². The highest BCUT2D eigenvalue weighted by molar-refractivity contribution is 4.79. The monoisotopic (exact) mass is 342 g/mol. The van der Waals surface area contributed by atoms with Gasteiger partial charge in [0.2, 0.25) is 0 Å². The van der Waals surface area contributed by atoms with Crippen molar-refractivity contribution in [2.45, 2.75) is 130 Å². The van der Waals surface area contributed by atoms with Gasteiger partial charge in [0.05, 0.1) is 6.61 Å². The van der Waals surface area contributed by atoms with Crippen molar-refractivity contribution in [3.63, 3.8) is 0 Å². The molecule has 146 valence electrons. The predicted octanol–water partition coefficient (Wildman–Crippen LogP) is 8.15. The molecular formula is C22H46O2. The Kier molecular flexibility index (Phi) is 17.7. The van der Waals surface area contributed by atoms with Gasteiger partial charge in [0, 0.05) is 0 Å². The zero-order valence-electron chi connectivity index (χ0n) is 17.1. The number of unbranched alkanes of at least 4 members (excludes halogenated alkanes) is 9. The average molecular weight is 343 g/mol. The molecule has 0 heterocycles. The fourth-order valence-corrected chi connectivity index (χ4v) is 3.96. The van der Waals surface area contributed by atoms with Crippen LogP contribution < -0.4 is 0 Å². The molecule has 0 saturated carbocycles. The van der Waals surface area contributed by atoms with Crippen LogP contribution >= 0.6 is 0 Å². The van der Waals surface area contributed by atoms with E-state index in [1.54, 1.807) is 0 Å². The molecule has 0 fully saturated rings. The molecule has 2 heteroatoms. The minimum absolute atomic E-state index is 0.495. The molecule has 0 amide bonds. The lowest BCUT2D eigenvalue weighted by atomic mass is 9.71. The summed E-state index contributed by atoms with van der Waals surface area (Å²) in [7, 11) is 0. The maximum atomic E-state index is 8.30. The van der Waals surface area contributed by atoms with Crippen molar-refractivity contribution in [3.8, 4) is 0 Å². The van der Waals surface area contributed by atoms with Gasteiger partial charge in [-0.2, -0.15) is 0 Å².